The highest BCUT2D eigenvalue weighted by Gasteiger charge is 2.15. The van der Waals surface area contributed by atoms with Gasteiger partial charge in [0.2, 0.25) is 0 Å². The molecule has 2 aromatic heterocycles. The zero-order valence-corrected chi connectivity index (χ0v) is 13.4. The first-order chi connectivity index (χ1) is 8.58. The lowest BCUT2D eigenvalue weighted by molar-refractivity contribution is 0.679. The Balaban J connectivity index is 2.12. The first kappa shape index (κ1) is 13.8. The highest BCUT2D eigenvalue weighted by atomic mass is 79.9. The van der Waals surface area contributed by atoms with Gasteiger partial charge in [0.15, 0.2) is 0 Å². The van der Waals surface area contributed by atoms with Crippen LogP contribution in [0.15, 0.2) is 34.2 Å². The molecule has 0 aliphatic rings. The molecule has 0 saturated heterocycles. The lowest BCUT2D eigenvalue weighted by Crippen LogP contribution is -2.31. The lowest BCUT2D eigenvalue weighted by Gasteiger charge is -2.26. The second kappa shape index (κ2) is 6.04. The summed E-state index contributed by atoms with van der Waals surface area (Å²) >= 11 is 11.2. The van der Waals surface area contributed by atoms with E-state index in [1.165, 1.54) is 4.88 Å². The van der Waals surface area contributed by atoms with Crippen molar-refractivity contribution in [3.05, 3.63) is 44.1 Å². The number of hydrogen-bond donors (Lipinski definition) is 0. The van der Waals surface area contributed by atoms with Crippen molar-refractivity contribution in [2.75, 3.05) is 11.9 Å². The van der Waals surface area contributed by atoms with Crippen LogP contribution in [0.25, 0.3) is 0 Å². The van der Waals surface area contributed by atoms with E-state index in [0.29, 0.717) is 11.1 Å². The maximum Gasteiger partial charge on any atom is 0.142 e. The first-order valence-corrected chi connectivity index (χ1v) is 7.69. The van der Waals surface area contributed by atoms with Gasteiger partial charge < -0.3 is 4.90 Å². The number of anilines is 1. The highest BCUT2D eigenvalue weighted by Crippen LogP contribution is 2.27. The summed E-state index contributed by atoms with van der Waals surface area (Å²) in [6.45, 7) is 2.20. The molecular weight excluding hydrogens is 332 g/mol. The van der Waals surface area contributed by atoms with Crippen molar-refractivity contribution in [3.8, 4) is 0 Å². The molecule has 18 heavy (non-hydrogen) atoms. The zero-order valence-electron chi connectivity index (χ0n) is 10.2. The topological polar surface area (TPSA) is 16.1 Å². The van der Waals surface area contributed by atoms with Crippen molar-refractivity contribution in [2.24, 2.45) is 0 Å². The van der Waals surface area contributed by atoms with Crippen LogP contribution in [-0.4, -0.2) is 18.1 Å². The number of thiophene rings is 1. The predicted octanol–water partition coefficient (Wildman–Crippen LogP) is 4.63. The molecule has 0 radical (unpaired) electrons. The number of hydrogen-bond acceptors (Lipinski definition) is 3. The van der Waals surface area contributed by atoms with Gasteiger partial charge in [0.1, 0.15) is 5.82 Å². The van der Waals surface area contributed by atoms with Crippen LogP contribution < -0.4 is 4.90 Å². The fourth-order valence-corrected chi connectivity index (χ4v) is 3.48. The quantitative estimate of drug-likeness (QED) is 0.803. The molecule has 0 N–H and O–H groups in total. The van der Waals surface area contributed by atoms with E-state index in [9.17, 15) is 0 Å². The van der Waals surface area contributed by atoms with E-state index >= 15 is 0 Å². The van der Waals surface area contributed by atoms with Gasteiger partial charge in [0, 0.05) is 30.6 Å². The summed E-state index contributed by atoms with van der Waals surface area (Å²) in [5.74, 6) is 0.920. The SMILES string of the molecule is CC(Cc1cccs1)N(C)c1ncc(Cl)cc1Br. The van der Waals surface area contributed by atoms with Crippen LogP contribution in [0.1, 0.15) is 11.8 Å². The molecule has 96 valence electrons. The van der Waals surface area contributed by atoms with E-state index in [1.54, 1.807) is 17.5 Å². The Morgan fingerprint density at radius 2 is 2.33 bits per heavy atom. The Kier molecular flexibility index (Phi) is 4.65. The Morgan fingerprint density at radius 3 is 2.94 bits per heavy atom. The van der Waals surface area contributed by atoms with Crippen molar-refractivity contribution in [1.82, 2.24) is 4.98 Å². The third-order valence-electron chi connectivity index (χ3n) is 2.86. The van der Waals surface area contributed by atoms with Crippen LogP contribution in [0.4, 0.5) is 5.82 Å². The van der Waals surface area contributed by atoms with Crippen molar-refractivity contribution >= 4 is 44.7 Å². The molecule has 0 amide bonds. The van der Waals surface area contributed by atoms with Crippen LogP contribution in [0.5, 0.6) is 0 Å². The molecule has 2 aromatic rings. The first-order valence-electron chi connectivity index (χ1n) is 5.64. The fraction of sp³-hybridized carbons (Fsp3) is 0.308. The smallest absolute Gasteiger partial charge is 0.142 e. The number of aromatic nitrogens is 1. The normalized spacial score (nSPS) is 12.4. The molecule has 0 bridgehead atoms. The van der Waals surface area contributed by atoms with Gasteiger partial charge in [-0.3, -0.25) is 0 Å². The summed E-state index contributed by atoms with van der Waals surface area (Å²) in [7, 11) is 2.05. The largest absolute Gasteiger partial charge is 0.356 e. The molecule has 0 saturated carbocycles. The summed E-state index contributed by atoms with van der Waals surface area (Å²) < 4.78 is 0.926. The minimum absolute atomic E-state index is 0.383. The summed E-state index contributed by atoms with van der Waals surface area (Å²) in [6, 6.07) is 6.51. The van der Waals surface area contributed by atoms with Crippen molar-refractivity contribution in [1.29, 1.82) is 0 Å². The van der Waals surface area contributed by atoms with Gasteiger partial charge in [-0.15, -0.1) is 11.3 Å². The molecule has 0 aromatic carbocycles. The van der Waals surface area contributed by atoms with E-state index in [4.69, 9.17) is 11.6 Å². The van der Waals surface area contributed by atoms with E-state index in [0.717, 1.165) is 16.7 Å². The summed E-state index contributed by atoms with van der Waals surface area (Å²) in [6.07, 6.45) is 2.70. The number of rotatable bonds is 4. The third-order valence-corrected chi connectivity index (χ3v) is 4.55. The maximum absolute atomic E-state index is 5.91. The highest BCUT2D eigenvalue weighted by molar-refractivity contribution is 9.10. The molecule has 0 spiro atoms. The third kappa shape index (κ3) is 3.25. The molecule has 0 aliphatic carbocycles. The van der Waals surface area contributed by atoms with Gasteiger partial charge in [-0.1, -0.05) is 17.7 Å². The average Bonchev–Trinajstić information content (AvgIpc) is 2.81. The Labute approximate surface area is 125 Å². The van der Waals surface area contributed by atoms with Crippen LogP contribution in [0.2, 0.25) is 5.02 Å². The fourth-order valence-electron chi connectivity index (χ4n) is 1.73. The van der Waals surface area contributed by atoms with Crippen LogP contribution in [-0.2, 0) is 6.42 Å². The summed E-state index contributed by atoms with van der Waals surface area (Å²) in [5.41, 5.74) is 0. The number of halogens is 2. The van der Waals surface area contributed by atoms with E-state index in [2.05, 4.69) is 57.3 Å². The predicted molar refractivity (Wildman–Crippen MR) is 82.8 cm³/mol. The second-order valence-electron chi connectivity index (χ2n) is 4.20. The van der Waals surface area contributed by atoms with E-state index in [1.807, 2.05) is 6.07 Å². The zero-order chi connectivity index (χ0) is 13.1. The molecule has 5 heteroatoms. The van der Waals surface area contributed by atoms with E-state index in [-0.39, 0.29) is 0 Å². The van der Waals surface area contributed by atoms with Crippen LogP contribution >= 0.6 is 38.9 Å². The minimum atomic E-state index is 0.383. The van der Waals surface area contributed by atoms with Crippen molar-refractivity contribution in [2.45, 2.75) is 19.4 Å². The summed E-state index contributed by atoms with van der Waals surface area (Å²) in [4.78, 5) is 7.93. The molecule has 2 nitrogen and oxygen atoms in total. The van der Waals surface area contributed by atoms with Crippen LogP contribution in [0, 0.1) is 0 Å². The molecule has 1 atom stereocenters. The molecule has 0 aliphatic heterocycles. The molecule has 2 heterocycles. The van der Waals surface area contributed by atoms with Crippen LogP contribution in [0.3, 0.4) is 0 Å². The maximum atomic E-state index is 5.91. The molecular formula is C13H14BrClN2S. The van der Waals surface area contributed by atoms with Gasteiger partial charge in [-0.2, -0.15) is 0 Å². The van der Waals surface area contributed by atoms with Crippen molar-refractivity contribution < 1.29 is 0 Å². The number of pyridine rings is 1. The summed E-state index contributed by atoms with van der Waals surface area (Å²) in [5, 5.41) is 2.75. The monoisotopic (exact) mass is 344 g/mol. The van der Waals surface area contributed by atoms with Crippen molar-refractivity contribution in [3.63, 3.8) is 0 Å². The Hall–Kier alpha value is -0.580. The van der Waals surface area contributed by atoms with Gasteiger partial charge >= 0.3 is 0 Å². The standard InChI is InChI=1S/C13H14BrClN2S/c1-9(6-11-4-3-5-18-11)17(2)13-12(14)7-10(15)8-16-13/h3-5,7-9H,6H2,1-2H3. The second-order valence-corrected chi connectivity index (χ2v) is 6.53. The van der Waals surface area contributed by atoms with Gasteiger partial charge in [-0.05, 0) is 40.4 Å². The Bertz CT molecular complexity index is 516. The molecule has 0 fully saturated rings. The number of nitrogens with zero attached hydrogens (tertiary/aromatic N) is 2. The van der Waals surface area contributed by atoms with Gasteiger partial charge in [-0.25, -0.2) is 4.98 Å². The molecule has 2 rings (SSSR count). The Morgan fingerprint density at radius 1 is 1.56 bits per heavy atom. The average molecular weight is 346 g/mol. The van der Waals surface area contributed by atoms with Gasteiger partial charge in [0.05, 0.1) is 9.50 Å². The van der Waals surface area contributed by atoms with Gasteiger partial charge in [0.25, 0.3) is 0 Å². The lowest BCUT2D eigenvalue weighted by atomic mass is 10.2. The van der Waals surface area contributed by atoms with E-state index < -0.39 is 0 Å². The minimum Gasteiger partial charge on any atom is -0.356 e. The number of likely N-dealkylation sites (N-methyl/N-ethyl adjacent to an activating group) is 1. The molecule has 1 unspecified atom stereocenters.